The van der Waals surface area contributed by atoms with E-state index in [1.807, 2.05) is 11.8 Å². The zero-order valence-electron chi connectivity index (χ0n) is 11.3. The van der Waals surface area contributed by atoms with Gasteiger partial charge in [0.05, 0.1) is 11.5 Å². The van der Waals surface area contributed by atoms with Crippen LogP contribution in [0, 0.1) is 11.9 Å². The van der Waals surface area contributed by atoms with Crippen LogP contribution in [0.4, 0.5) is 14.6 Å². The van der Waals surface area contributed by atoms with Gasteiger partial charge in [-0.25, -0.2) is 9.37 Å². The van der Waals surface area contributed by atoms with Crippen molar-refractivity contribution < 1.29 is 13.5 Å². The maximum atomic E-state index is 14.0. The highest BCUT2D eigenvalue weighted by Crippen LogP contribution is 2.28. The van der Waals surface area contributed by atoms with Crippen LogP contribution in [-0.2, 0) is 4.74 Å². The maximum absolute atomic E-state index is 14.0. The summed E-state index contributed by atoms with van der Waals surface area (Å²) in [5, 5.41) is 0.00603. The lowest BCUT2D eigenvalue weighted by molar-refractivity contribution is 0.0820. The molecule has 3 heterocycles. The van der Waals surface area contributed by atoms with Crippen LogP contribution < -0.4 is 4.90 Å². The number of rotatable bonds is 1. The molecule has 0 amide bonds. The highest BCUT2D eigenvalue weighted by Gasteiger charge is 2.22. The van der Waals surface area contributed by atoms with Gasteiger partial charge >= 0.3 is 6.08 Å². The summed E-state index contributed by atoms with van der Waals surface area (Å²) in [6.45, 7) is 3.73. The lowest BCUT2D eigenvalue weighted by Gasteiger charge is -2.24. The SMILES string of the molecule is CC1CN(c2nc(F)nc3c(F)c(Cl)ncc23)CCCO1. The van der Waals surface area contributed by atoms with E-state index in [9.17, 15) is 8.78 Å². The van der Waals surface area contributed by atoms with Crippen LogP contribution in [0.3, 0.4) is 0 Å². The van der Waals surface area contributed by atoms with Crippen LogP contribution in [0.1, 0.15) is 13.3 Å². The average Bonchev–Trinajstić information content (AvgIpc) is 2.67. The second-order valence-electron chi connectivity index (χ2n) is 4.92. The van der Waals surface area contributed by atoms with Crippen molar-refractivity contribution in [2.24, 2.45) is 0 Å². The molecule has 1 unspecified atom stereocenters. The summed E-state index contributed by atoms with van der Waals surface area (Å²) in [6.07, 6.45) is 1.13. The van der Waals surface area contributed by atoms with E-state index < -0.39 is 11.9 Å². The Labute approximate surface area is 124 Å². The van der Waals surface area contributed by atoms with E-state index in [1.54, 1.807) is 0 Å². The van der Waals surface area contributed by atoms with Crippen molar-refractivity contribution in [3.63, 3.8) is 0 Å². The van der Waals surface area contributed by atoms with Crippen molar-refractivity contribution in [2.75, 3.05) is 24.6 Å². The van der Waals surface area contributed by atoms with Gasteiger partial charge in [0.1, 0.15) is 11.3 Å². The summed E-state index contributed by atoms with van der Waals surface area (Å²) in [6, 6.07) is 0. The summed E-state index contributed by atoms with van der Waals surface area (Å²) < 4.78 is 33.2. The first kappa shape index (κ1) is 14.3. The Balaban J connectivity index is 2.15. The zero-order chi connectivity index (χ0) is 15.0. The van der Waals surface area contributed by atoms with E-state index in [4.69, 9.17) is 16.3 Å². The van der Waals surface area contributed by atoms with E-state index in [-0.39, 0.29) is 16.8 Å². The standard InChI is InChI=1S/C13H13ClF2N4O/c1-7-6-20(3-2-4-21-7)12-8-5-17-11(14)9(15)10(8)18-13(16)19-12/h5,7H,2-4,6H2,1H3. The second kappa shape index (κ2) is 5.65. The first-order valence-corrected chi connectivity index (χ1v) is 6.98. The quantitative estimate of drug-likeness (QED) is 0.598. The molecular weight excluding hydrogens is 302 g/mol. The maximum Gasteiger partial charge on any atom is 0.311 e. The number of hydrogen-bond acceptors (Lipinski definition) is 5. The number of anilines is 1. The van der Waals surface area contributed by atoms with Crippen molar-refractivity contribution in [3.05, 3.63) is 23.2 Å². The van der Waals surface area contributed by atoms with Gasteiger partial charge in [0.25, 0.3) is 0 Å². The van der Waals surface area contributed by atoms with Gasteiger partial charge < -0.3 is 9.64 Å². The van der Waals surface area contributed by atoms with Crippen LogP contribution in [0.5, 0.6) is 0 Å². The normalized spacial score (nSPS) is 19.8. The Morgan fingerprint density at radius 1 is 1.38 bits per heavy atom. The molecule has 3 rings (SSSR count). The fraction of sp³-hybridized carbons (Fsp3) is 0.462. The molecule has 2 aromatic rings. The van der Waals surface area contributed by atoms with Gasteiger partial charge in [-0.05, 0) is 13.3 Å². The van der Waals surface area contributed by atoms with E-state index in [1.165, 1.54) is 6.20 Å². The van der Waals surface area contributed by atoms with Crippen molar-refractivity contribution in [1.29, 1.82) is 0 Å². The molecule has 5 nitrogen and oxygen atoms in total. The van der Waals surface area contributed by atoms with Gasteiger partial charge in [0, 0.05) is 25.9 Å². The van der Waals surface area contributed by atoms with E-state index in [0.717, 1.165) is 6.42 Å². The Morgan fingerprint density at radius 2 is 2.19 bits per heavy atom. The van der Waals surface area contributed by atoms with Crippen molar-refractivity contribution in [3.8, 4) is 0 Å². The van der Waals surface area contributed by atoms with Crippen LogP contribution in [0.15, 0.2) is 6.20 Å². The third-order valence-corrected chi connectivity index (χ3v) is 3.61. The molecule has 0 aromatic carbocycles. The number of nitrogens with zero attached hydrogens (tertiary/aromatic N) is 4. The molecule has 0 N–H and O–H groups in total. The fourth-order valence-electron chi connectivity index (χ4n) is 2.42. The number of halogens is 3. The molecule has 1 aliphatic heterocycles. The Bertz CT molecular complexity index is 685. The third kappa shape index (κ3) is 2.75. The van der Waals surface area contributed by atoms with Crippen LogP contribution >= 0.6 is 11.6 Å². The first-order chi connectivity index (χ1) is 10.1. The topological polar surface area (TPSA) is 51.1 Å². The molecular formula is C13H13ClF2N4O. The molecule has 0 saturated carbocycles. The molecule has 1 atom stereocenters. The fourth-order valence-corrected chi connectivity index (χ4v) is 2.56. The van der Waals surface area contributed by atoms with E-state index in [2.05, 4.69) is 15.0 Å². The second-order valence-corrected chi connectivity index (χ2v) is 5.28. The lowest BCUT2D eigenvalue weighted by atomic mass is 10.2. The molecule has 0 spiro atoms. The third-order valence-electron chi connectivity index (χ3n) is 3.35. The van der Waals surface area contributed by atoms with Gasteiger partial charge in [-0.1, -0.05) is 11.6 Å². The largest absolute Gasteiger partial charge is 0.377 e. The van der Waals surface area contributed by atoms with Gasteiger partial charge in [-0.2, -0.15) is 14.4 Å². The minimum absolute atomic E-state index is 0.0225. The predicted molar refractivity (Wildman–Crippen MR) is 74.5 cm³/mol. The smallest absolute Gasteiger partial charge is 0.311 e. The molecule has 0 bridgehead atoms. The Kier molecular flexibility index (Phi) is 3.86. The number of pyridine rings is 1. The number of fused-ring (bicyclic) bond motifs is 1. The molecule has 1 aliphatic rings. The molecule has 8 heteroatoms. The van der Waals surface area contributed by atoms with Crippen LogP contribution in [-0.4, -0.2) is 40.8 Å². The number of ether oxygens (including phenoxy) is 1. The minimum atomic E-state index is -0.989. The number of hydrogen-bond donors (Lipinski definition) is 0. The number of aromatic nitrogens is 3. The van der Waals surface area contributed by atoms with Crippen molar-refractivity contribution in [2.45, 2.75) is 19.4 Å². The highest BCUT2D eigenvalue weighted by molar-refractivity contribution is 6.30. The summed E-state index contributed by atoms with van der Waals surface area (Å²) in [4.78, 5) is 12.9. The molecule has 0 radical (unpaired) electrons. The first-order valence-electron chi connectivity index (χ1n) is 6.60. The molecule has 2 aromatic heterocycles. The summed E-state index contributed by atoms with van der Waals surface area (Å²) in [5.74, 6) is -0.520. The zero-order valence-corrected chi connectivity index (χ0v) is 12.1. The van der Waals surface area contributed by atoms with Gasteiger partial charge in [0.2, 0.25) is 0 Å². The van der Waals surface area contributed by atoms with Crippen LogP contribution in [0.2, 0.25) is 5.15 Å². The highest BCUT2D eigenvalue weighted by atomic mass is 35.5. The molecule has 0 aliphatic carbocycles. The van der Waals surface area contributed by atoms with Crippen molar-refractivity contribution in [1.82, 2.24) is 15.0 Å². The molecule has 1 fully saturated rings. The summed E-state index contributed by atoms with van der Waals surface area (Å²) >= 11 is 5.62. The van der Waals surface area contributed by atoms with E-state index in [0.29, 0.717) is 30.9 Å². The van der Waals surface area contributed by atoms with Crippen molar-refractivity contribution >= 4 is 28.3 Å². The van der Waals surface area contributed by atoms with E-state index >= 15 is 0 Å². The average molecular weight is 315 g/mol. The van der Waals surface area contributed by atoms with Gasteiger partial charge in [-0.3, -0.25) is 0 Å². The molecule has 1 saturated heterocycles. The Morgan fingerprint density at radius 3 is 3.00 bits per heavy atom. The molecule has 21 heavy (non-hydrogen) atoms. The predicted octanol–water partition coefficient (Wildman–Crippen LogP) is 2.57. The van der Waals surface area contributed by atoms with Gasteiger partial charge in [-0.15, -0.1) is 0 Å². The summed E-state index contributed by atoms with van der Waals surface area (Å²) in [7, 11) is 0. The Hall–Kier alpha value is -1.60. The molecule has 112 valence electrons. The summed E-state index contributed by atoms with van der Waals surface area (Å²) in [5.41, 5.74) is -0.157. The van der Waals surface area contributed by atoms with Crippen LogP contribution in [0.25, 0.3) is 10.9 Å². The van der Waals surface area contributed by atoms with Gasteiger partial charge in [0.15, 0.2) is 11.0 Å². The minimum Gasteiger partial charge on any atom is -0.377 e. The monoisotopic (exact) mass is 314 g/mol. The lowest BCUT2D eigenvalue weighted by Crippen LogP contribution is -2.31.